The van der Waals surface area contributed by atoms with E-state index in [0.29, 0.717) is 0 Å². The van der Waals surface area contributed by atoms with Crippen molar-refractivity contribution in [3.63, 3.8) is 0 Å². The number of aryl methyl sites for hydroxylation is 2. The summed E-state index contributed by atoms with van der Waals surface area (Å²) in [6, 6.07) is 10.5. The Bertz CT molecular complexity index is 472. The van der Waals surface area contributed by atoms with Crippen LogP contribution in [0.2, 0.25) is 0 Å². The summed E-state index contributed by atoms with van der Waals surface area (Å²) in [4.78, 5) is 0. The van der Waals surface area contributed by atoms with Crippen LogP contribution in [-0.4, -0.2) is 5.11 Å². The molecule has 0 aromatic heterocycles. The Balaban J connectivity index is 2.82. The fourth-order valence-corrected chi connectivity index (χ4v) is 1.83. The summed E-state index contributed by atoms with van der Waals surface area (Å²) in [7, 11) is 0. The molecule has 1 nitrogen and oxygen atoms in total. The smallest absolute Gasteiger partial charge is 0.0690 e. The molecule has 0 unspecified atom stereocenters. The van der Waals surface area contributed by atoms with Crippen molar-refractivity contribution in [2.75, 3.05) is 0 Å². The first-order chi connectivity index (χ1) is 6.72. The lowest BCUT2D eigenvalue weighted by atomic mass is 9.99. The summed E-state index contributed by atoms with van der Waals surface area (Å²) in [5, 5.41) is 11.7. The molecule has 72 valence electrons. The first kappa shape index (κ1) is 9.22. The molecule has 0 bridgehead atoms. The Hall–Kier alpha value is -1.34. The van der Waals surface area contributed by atoms with E-state index in [4.69, 9.17) is 0 Å². The number of benzene rings is 2. The maximum Gasteiger partial charge on any atom is 0.0690 e. The lowest BCUT2D eigenvalue weighted by Gasteiger charge is -2.08. The number of rotatable bonds is 1. The summed E-state index contributed by atoms with van der Waals surface area (Å²) in [5.41, 5.74) is 3.46. The zero-order chi connectivity index (χ0) is 10.1. The van der Waals surface area contributed by atoms with Gasteiger partial charge in [0.1, 0.15) is 0 Å². The van der Waals surface area contributed by atoms with E-state index in [0.717, 1.165) is 16.5 Å². The molecule has 2 rings (SSSR count). The predicted molar refractivity (Wildman–Crippen MR) is 59.3 cm³/mol. The van der Waals surface area contributed by atoms with Gasteiger partial charge in [-0.15, -0.1) is 0 Å². The Morgan fingerprint density at radius 3 is 2.57 bits per heavy atom. The molecule has 0 aliphatic rings. The van der Waals surface area contributed by atoms with Gasteiger partial charge in [0.2, 0.25) is 0 Å². The van der Waals surface area contributed by atoms with Gasteiger partial charge in [0.05, 0.1) is 6.61 Å². The van der Waals surface area contributed by atoms with Crippen molar-refractivity contribution in [1.82, 2.24) is 0 Å². The molecule has 0 aliphatic heterocycles. The molecular formula is C13H14O. The highest BCUT2D eigenvalue weighted by Crippen LogP contribution is 2.23. The molecule has 0 heterocycles. The van der Waals surface area contributed by atoms with E-state index in [1.54, 1.807) is 0 Å². The van der Waals surface area contributed by atoms with Crippen LogP contribution in [0.15, 0.2) is 30.3 Å². The van der Waals surface area contributed by atoms with Gasteiger partial charge in [-0.25, -0.2) is 0 Å². The molecule has 1 heteroatoms. The van der Waals surface area contributed by atoms with Crippen LogP contribution < -0.4 is 0 Å². The van der Waals surface area contributed by atoms with Crippen LogP contribution in [0.5, 0.6) is 0 Å². The van der Waals surface area contributed by atoms with Crippen molar-refractivity contribution in [1.29, 1.82) is 0 Å². The quantitative estimate of drug-likeness (QED) is 0.726. The van der Waals surface area contributed by atoms with Crippen molar-refractivity contribution in [3.05, 3.63) is 47.0 Å². The van der Waals surface area contributed by atoms with Gasteiger partial charge in [-0.2, -0.15) is 0 Å². The third-order valence-corrected chi connectivity index (χ3v) is 2.68. The number of aliphatic hydroxyl groups excluding tert-OH is 1. The largest absolute Gasteiger partial charge is 0.392 e. The van der Waals surface area contributed by atoms with Crippen LogP contribution in [-0.2, 0) is 6.61 Å². The molecule has 0 aliphatic carbocycles. The van der Waals surface area contributed by atoms with Crippen molar-refractivity contribution in [2.45, 2.75) is 20.5 Å². The van der Waals surface area contributed by atoms with Gasteiger partial charge in [-0.05, 0) is 35.7 Å². The molecule has 2 aromatic rings. The Morgan fingerprint density at radius 2 is 1.86 bits per heavy atom. The van der Waals surface area contributed by atoms with Gasteiger partial charge in [0, 0.05) is 0 Å². The molecule has 0 radical (unpaired) electrons. The van der Waals surface area contributed by atoms with Crippen molar-refractivity contribution in [3.8, 4) is 0 Å². The van der Waals surface area contributed by atoms with E-state index in [2.05, 4.69) is 37.3 Å². The van der Waals surface area contributed by atoms with Crippen molar-refractivity contribution < 1.29 is 5.11 Å². The first-order valence-corrected chi connectivity index (χ1v) is 4.82. The number of hydrogen-bond donors (Lipinski definition) is 1. The van der Waals surface area contributed by atoms with Crippen LogP contribution in [0.1, 0.15) is 16.7 Å². The van der Waals surface area contributed by atoms with E-state index in [1.165, 1.54) is 10.9 Å². The maximum absolute atomic E-state index is 9.29. The normalized spacial score (nSPS) is 10.8. The Kier molecular flexibility index (Phi) is 2.26. The van der Waals surface area contributed by atoms with Gasteiger partial charge in [0.25, 0.3) is 0 Å². The molecule has 1 N–H and O–H groups in total. The van der Waals surface area contributed by atoms with Gasteiger partial charge < -0.3 is 5.11 Å². The van der Waals surface area contributed by atoms with Crippen LogP contribution in [0, 0.1) is 13.8 Å². The molecule has 2 aromatic carbocycles. The monoisotopic (exact) mass is 186 g/mol. The zero-order valence-corrected chi connectivity index (χ0v) is 8.54. The Labute approximate surface area is 84.0 Å². The average Bonchev–Trinajstić information content (AvgIpc) is 2.18. The van der Waals surface area contributed by atoms with Crippen LogP contribution in [0.3, 0.4) is 0 Å². The highest BCUT2D eigenvalue weighted by Gasteiger charge is 2.02. The standard InChI is InChI=1S/C13H14O/c1-9-3-6-12-11(7-9)5-4-10(2)13(12)8-14/h3-7,14H,8H2,1-2H3. The molecule has 0 saturated carbocycles. The number of hydrogen-bond acceptors (Lipinski definition) is 1. The third-order valence-electron chi connectivity index (χ3n) is 2.68. The second-order valence-electron chi connectivity index (χ2n) is 3.74. The van der Waals surface area contributed by atoms with E-state index in [9.17, 15) is 5.11 Å². The van der Waals surface area contributed by atoms with E-state index in [1.807, 2.05) is 6.92 Å². The van der Waals surface area contributed by atoms with Crippen LogP contribution in [0.25, 0.3) is 10.8 Å². The number of aliphatic hydroxyl groups is 1. The minimum atomic E-state index is 0.117. The van der Waals surface area contributed by atoms with E-state index >= 15 is 0 Å². The number of fused-ring (bicyclic) bond motifs is 1. The van der Waals surface area contributed by atoms with Gasteiger partial charge in [0.15, 0.2) is 0 Å². The third kappa shape index (κ3) is 1.40. The molecule has 0 saturated heterocycles. The summed E-state index contributed by atoms with van der Waals surface area (Å²) < 4.78 is 0. The summed E-state index contributed by atoms with van der Waals surface area (Å²) in [6.45, 7) is 4.23. The SMILES string of the molecule is Cc1ccc2c(CO)c(C)ccc2c1. The van der Waals surface area contributed by atoms with Crippen LogP contribution >= 0.6 is 0 Å². The first-order valence-electron chi connectivity index (χ1n) is 4.82. The van der Waals surface area contributed by atoms with Crippen LogP contribution in [0.4, 0.5) is 0 Å². The maximum atomic E-state index is 9.29. The fourth-order valence-electron chi connectivity index (χ4n) is 1.83. The molecule has 0 atom stereocenters. The highest BCUT2D eigenvalue weighted by atomic mass is 16.3. The summed E-state index contributed by atoms with van der Waals surface area (Å²) in [6.07, 6.45) is 0. The van der Waals surface area contributed by atoms with Gasteiger partial charge >= 0.3 is 0 Å². The van der Waals surface area contributed by atoms with Gasteiger partial charge in [-0.1, -0.05) is 35.9 Å². The van der Waals surface area contributed by atoms with Crippen molar-refractivity contribution in [2.24, 2.45) is 0 Å². The molecule has 0 fully saturated rings. The molecular weight excluding hydrogens is 172 g/mol. The lowest BCUT2D eigenvalue weighted by molar-refractivity contribution is 0.282. The average molecular weight is 186 g/mol. The van der Waals surface area contributed by atoms with E-state index in [-0.39, 0.29) is 6.61 Å². The molecule has 14 heavy (non-hydrogen) atoms. The minimum Gasteiger partial charge on any atom is -0.392 e. The summed E-state index contributed by atoms with van der Waals surface area (Å²) in [5.74, 6) is 0. The molecule has 0 spiro atoms. The molecule has 0 amide bonds. The summed E-state index contributed by atoms with van der Waals surface area (Å²) >= 11 is 0. The predicted octanol–water partition coefficient (Wildman–Crippen LogP) is 2.95. The minimum absolute atomic E-state index is 0.117. The highest BCUT2D eigenvalue weighted by molar-refractivity contribution is 5.87. The zero-order valence-electron chi connectivity index (χ0n) is 8.54. The van der Waals surface area contributed by atoms with Gasteiger partial charge in [-0.3, -0.25) is 0 Å². The second kappa shape index (κ2) is 3.43. The lowest BCUT2D eigenvalue weighted by Crippen LogP contribution is -1.90. The van der Waals surface area contributed by atoms with Crippen molar-refractivity contribution >= 4 is 10.8 Å². The van der Waals surface area contributed by atoms with E-state index < -0.39 is 0 Å². The topological polar surface area (TPSA) is 20.2 Å². The fraction of sp³-hybridized carbons (Fsp3) is 0.231. The second-order valence-corrected chi connectivity index (χ2v) is 3.74. The Morgan fingerprint density at radius 1 is 1.07 bits per heavy atom.